The predicted octanol–water partition coefficient (Wildman–Crippen LogP) is 2.43. The summed E-state index contributed by atoms with van der Waals surface area (Å²) in [5.74, 6) is 0. The van der Waals surface area contributed by atoms with Crippen LogP contribution in [0.5, 0.6) is 0 Å². The molecule has 1 aromatic rings. The van der Waals surface area contributed by atoms with Crippen LogP contribution in [0.25, 0.3) is 0 Å². The van der Waals surface area contributed by atoms with Crippen LogP contribution in [0.15, 0.2) is 30.3 Å². The van der Waals surface area contributed by atoms with Gasteiger partial charge < -0.3 is 10.1 Å². The van der Waals surface area contributed by atoms with Gasteiger partial charge in [0, 0.05) is 12.5 Å². The van der Waals surface area contributed by atoms with Crippen LogP contribution in [0, 0.1) is 0 Å². The van der Waals surface area contributed by atoms with Gasteiger partial charge in [-0.25, -0.2) is 4.79 Å². The zero-order valence-electron chi connectivity index (χ0n) is 10.2. The molecule has 0 saturated carbocycles. The van der Waals surface area contributed by atoms with Crippen molar-refractivity contribution in [3.8, 4) is 0 Å². The summed E-state index contributed by atoms with van der Waals surface area (Å²) in [5, 5.41) is 2.60. The highest BCUT2D eigenvalue weighted by molar-refractivity contribution is 7.37. The summed E-state index contributed by atoms with van der Waals surface area (Å²) in [5.41, 5.74) is 0.916. The van der Waals surface area contributed by atoms with Crippen molar-refractivity contribution in [2.45, 2.75) is 26.0 Å². The van der Waals surface area contributed by atoms with Crippen LogP contribution in [-0.2, 0) is 15.9 Å². The van der Waals surface area contributed by atoms with Crippen LogP contribution in [0.4, 0.5) is 4.79 Å². The largest absolute Gasteiger partial charge is 0.505 e. The highest BCUT2D eigenvalue weighted by Crippen LogP contribution is 2.14. The summed E-state index contributed by atoms with van der Waals surface area (Å²) < 4.78 is 15.5. The lowest BCUT2D eigenvalue weighted by Gasteiger charge is -2.11. The van der Waals surface area contributed by atoms with E-state index in [0.29, 0.717) is 6.42 Å². The van der Waals surface area contributed by atoms with Gasteiger partial charge in [0.2, 0.25) is 0 Å². The number of rotatable bonds is 6. The molecule has 5 nitrogen and oxygen atoms in total. The predicted molar refractivity (Wildman–Crippen MR) is 68.5 cm³/mol. The molecule has 18 heavy (non-hydrogen) atoms. The Morgan fingerprint density at radius 1 is 1.44 bits per heavy atom. The molecule has 0 radical (unpaired) electrons. The first-order valence-corrected chi connectivity index (χ1v) is 7.08. The average Bonchev–Trinajstić information content (AvgIpc) is 2.35. The molecule has 2 atom stereocenters. The third-order valence-electron chi connectivity index (χ3n) is 2.33. The van der Waals surface area contributed by atoms with E-state index in [0.717, 1.165) is 5.56 Å². The number of benzene rings is 1. The van der Waals surface area contributed by atoms with E-state index in [1.807, 2.05) is 30.3 Å². The topological polar surface area (TPSA) is 75.6 Å². The summed E-state index contributed by atoms with van der Waals surface area (Å²) in [6.07, 6.45) is 0.112. The molecule has 2 N–H and O–H groups in total. The van der Waals surface area contributed by atoms with Crippen LogP contribution < -0.4 is 5.32 Å². The lowest BCUT2D eigenvalue weighted by Crippen LogP contribution is -2.33. The molecule has 6 heteroatoms. The number of alkyl carbamates (subject to hydrolysis) is 1. The lowest BCUT2D eigenvalue weighted by molar-refractivity contribution is 0.136. The number of hydrogen-bond donors (Lipinski definition) is 2. The van der Waals surface area contributed by atoms with Crippen LogP contribution in [0.2, 0.25) is 0 Å². The van der Waals surface area contributed by atoms with Gasteiger partial charge in [-0.15, -0.1) is 0 Å². The third-order valence-corrected chi connectivity index (χ3v) is 2.97. The molecular weight excluding hydrogens is 253 g/mol. The Labute approximate surface area is 107 Å². The zero-order valence-corrected chi connectivity index (χ0v) is 11.1. The Hall–Kier alpha value is -1.45. The third kappa shape index (κ3) is 6.33. The fourth-order valence-electron chi connectivity index (χ4n) is 1.34. The van der Waals surface area contributed by atoms with Gasteiger partial charge in [0.25, 0.3) is 0 Å². The van der Waals surface area contributed by atoms with E-state index in [2.05, 4.69) is 5.32 Å². The van der Waals surface area contributed by atoms with E-state index in [1.54, 1.807) is 6.92 Å². The van der Waals surface area contributed by atoms with Crippen LogP contribution in [0.1, 0.15) is 18.9 Å². The van der Waals surface area contributed by atoms with Gasteiger partial charge in [-0.1, -0.05) is 30.3 Å². The van der Waals surface area contributed by atoms with Gasteiger partial charge in [0.15, 0.2) is 6.16 Å². The second-order valence-corrected chi connectivity index (χ2v) is 5.12. The van der Waals surface area contributed by atoms with Crippen molar-refractivity contribution in [1.29, 1.82) is 0 Å². The van der Waals surface area contributed by atoms with E-state index >= 15 is 0 Å². The number of nitrogens with one attached hydrogen (secondary N) is 1. The highest BCUT2D eigenvalue weighted by Gasteiger charge is 2.15. The lowest BCUT2D eigenvalue weighted by atomic mass is 10.2. The number of hydrogen-bond acceptors (Lipinski definition) is 3. The van der Waals surface area contributed by atoms with Gasteiger partial charge in [-0.05, 0) is 17.1 Å². The number of amides is 1. The fraction of sp³-hybridized carbons (Fsp3) is 0.417. The Bertz CT molecular complexity index is 396. The number of ether oxygens (including phenoxy) is 1. The minimum absolute atomic E-state index is 0.176. The molecule has 0 aliphatic carbocycles. The zero-order chi connectivity index (χ0) is 13.4. The van der Waals surface area contributed by atoms with Crippen LogP contribution in [-0.4, -0.2) is 23.2 Å². The Kier molecular flexibility index (Phi) is 6.33. The van der Waals surface area contributed by atoms with Crippen molar-refractivity contribution >= 4 is 14.1 Å². The van der Waals surface area contributed by atoms with Crippen LogP contribution >= 0.6 is 8.03 Å². The molecule has 98 valence electrons. The molecule has 0 aromatic heterocycles. The van der Waals surface area contributed by atoms with Gasteiger partial charge in [0.05, 0.1) is 0 Å². The molecule has 1 amide bonds. The first-order chi connectivity index (χ1) is 8.58. The molecule has 1 unspecified atom stereocenters. The Balaban J connectivity index is 2.23. The smallest absolute Gasteiger partial charge is 0.445 e. The first-order valence-electron chi connectivity index (χ1n) is 5.68. The van der Waals surface area contributed by atoms with Crippen LogP contribution in [0.3, 0.4) is 0 Å². The molecule has 0 aliphatic rings. The molecule has 0 bridgehead atoms. The quantitative estimate of drug-likeness (QED) is 0.778. The van der Waals surface area contributed by atoms with Crippen molar-refractivity contribution in [2.75, 3.05) is 6.16 Å². The van der Waals surface area contributed by atoms with Crippen molar-refractivity contribution in [1.82, 2.24) is 5.32 Å². The SMILES string of the molecule is C[C@H](CC[P+](=O)O)NC(=O)OCc1ccccc1. The standard InChI is InChI=1S/C12H16NO4P/c1-10(7-8-18(15)16)13-12(14)17-9-11-5-3-2-4-6-11/h2-6,10H,7-9H2,1H3,(H-,13,14,15,16)/p+1/t10-/m1/s1. The maximum Gasteiger partial charge on any atom is 0.505 e. The summed E-state index contributed by atoms with van der Waals surface area (Å²) in [7, 11) is -2.14. The molecule has 0 aliphatic heterocycles. The van der Waals surface area contributed by atoms with E-state index in [1.165, 1.54) is 0 Å². The minimum Gasteiger partial charge on any atom is -0.445 e. The Morgan fingerprint density at radius 3 is 2.72 bits per heavy atom. The van der Waals surface area contributed by atoms with E-state index in [-0.39, 0.29) is 18.8 Å². The van der Waals surface area contributed by atoms with Crippen molar-refractivity contribution < 1.29 is 19.0 Å². The first kappa shape index (κ1) is 14.6. The van der Waals surface area contributed by atoms with Gasteiger partial charge in [0.1, 0.15) is 6.61 Å². The summed E-state index contributed by atoms with van der Waals surface area (Å²) in [4.78, 5) is 20.1. The normalized spacial score (nSPS) is 12.7. The summed E-state index contributed by atoms with van der Waals surface area (Å²) in [6.45, 7) is 1.98. The molecule has 0 spiro atoms. The van der Waals surface area contributed by atoms with Gasteiger partial charge in [-0.3, -0.25) is 0 Å². The van der Waals surface area contributed by atoms with E-state index < -0.39 is 14.1 Å². The Morgan fingerprint density at radius 2 is 2.11 bits per heavy atom. The number of carbonyl (C=O) groups excluding carboxylic acids is 1. The molecular formula is C12H17NO4P+. The van der Waals surface area contributed by atoms with Gasteiger partial charge in [-0.2, -0.15) is 4.89 Å². The highest BCUT2D eigenvalue weighted by atomic mass is 31.1. The molecule has 0 fully saturated rings. The summed E-state index contributed by atoms with van der Waals surface area (Å²) >= 11 is 0. The van der Waals surface area contributed by atoms with Crippen molar-refractivity contribution in [2.24, 2.45) is 0 Å². The average molecular weight is 270 g/mol. The van der Waals surface area contributed by atoms with Crippen molar-refractivity contribution in [3.63, 3.8) is 0 Å². The summed E-state index contributed by atoms with van der Waals surface area (Å²) in [6, 6.07) is 9.19. The van der Waals surface area contributed by atoms with Crippen molar-refractivity contribution in [3.05, 3.63) is 35.9 Å². The van der Waals surface area contributed by atoms with E-state index in [9.17, 15) is 9.36 Å². The molecule has 1 rings (SSSR count). The monoisotopic (exact) mass is 270 g/mol. The minimum atomic E-state index is -2.14. The maximum absolute atomic E-state index is 11.4. The van der Waals surface area contributed by atoms with Gasteiger partial charge >= 0.3 is 14.1 Å². The fourth-order valence-corrected chi connectivity index (χ4v) is 1.95. The maximum atomic E-state index is 11.4. The second kappa shape index (κ2) is 7.80. The molecule has 1 aromatic carbocycles. The second-order valence-electron chi connectivity index (χ2n) is 3.97. The molecule has 0 saturated heterocycles. The molecule has 0 heterocycles. The number of carbonyl (C=O) groups is 1. The van der Waals surface area contributed by atoms with E-state index in [4.69, 9.17) is 9.63 Å².